The zero-order valence-corrected chi connectivity index (χ0v) is 10.3. The smallest absolute Gasteiger partial charge is 0.0768 e. The summed E-state index contributed by atoms with van der Waals surface area (Å²) < 4.78 is 5.74. The Morgan fingerprint density at radius 2 is 2.27 bits per heavy atom. The fourth-order valence-corrected chi connectivity index (χ4v) is 3.21. The predicted molar refractivity (Wildman–Crippen MR) is 64.3 cm³/mol. The summed E-state index contributed by atoms with van der Waals surface area (Å²) in [6.07, 6.45) is 3.77. The number of thiophene rings is 1. The van der Waals surface area contributed by atoms with Gasteiger partial charge in [-0.15, -0.1) is 11.3 Å². The summed E-state index contributed by atoms with van der Waals surface area (Å²) in [6, 6.07) is 2.28. The summed E-state index contributed by atoms with van der Waals surface area (Å²) in [5, 5.41) is 0. The second-order valence-corrected chi connectivity index (χ2v) is 5.76. The summed E-state index contributed by atoms with van der Waals surface area (Å²) in [5.41, 5.74) is 7.55. The van der Waals surface area contributed by atoms with E-state index in [4.69, 9.17) is 10.5 Å². The Labute approximate surface area is 95.4 Å². The van der Waals surface area contributed by atoms with Gasteiger partial charge < -0.3 is 10.5 Å². The molecule has 0 bridgehead atoms. The molecule has 1 aliphatic rings. The lowest BCUT2D eigenvalue weighted by atomic mass is 9.97. The molecule has 0 radical (unpaired) electrons. The molecular formula is C12H19NOS. The van der Waals surface area contributed by atoms with E-state index in [1.807, 2.05) is 11.3 Å². The molecule has 0 saturated carbocycles. The van der Waals surface area contributed by atoms with Crippen LogP contribution in [0.2, 0.25) is 0 Å². The van der Waals surface area contributed by atoms with E-state index >= 15 is 0 Å². The van der Waals surface area contributed by atoms with Gasteiger partial charge in [0, 0.05) is 16.4 Å². The second kappa shape index (κ2) is 4.64. The fraction of sp³-hybridized carbons (Fsp3) is 0.667. The summed E-state index contributed by atoms with van der Waals surface area (Å²) in [7, 11) is 0. The molecule has 0 aliphatic carbocycles. The van der Waals surface area contributed by atoms with Crippen molar-refractivity contribution in [1.29, 1.82) is 0 Å². The third kappa shape index (κ3) is 2.41. The van der Waals surface area contributed by atoms with Crippen LogP contribution in [0.15, 0.2) is 6.07 Å². The molecule has 1 fully saturated rings. The molecule has 1 aliphatic heterocycles. The molecule has 2 unspecified atom stereocenters. The molecule has 3 heteroatoms. The van der Waals surface area contributed by atoms with Crippen LogP contribution in [0.3, 0.4) is 0 Å². The predicted octanol–water partition coefficient (Wildman–Crippen LogP) is 2.93. The average molecular weight is 225 g/mol. The van der Waals surface area contributed by atoms with Gasteiger partial charge in [-0.25, -0.2) is 0 Å². The standard InChI is InChI=1S/C12H19NOS/c1-8-7-10(9(2)15-8)12(13)11-5-3-4-6-14-11/h7,11-12H,3-6,13H2,1-2H3. The zero-order chi connectivity index (χ0) is 10.8. The fourth-order valence-electron chi connectivity index (χ4n) is 2.23. The molecule has 1 saturated heterocycles. The number of hydrogen-bond acceptors (Lipinski definition) is 3. The first kappa shape index (κ1) is 11.1. The number of rotatable bonds is 2. The SMILES string of the molecule is Cc1cc(C(N)C2CCCCO2)c(C)s1. The summed E-state index contributed by atoms with van der Waals surface area (Å²) in [4.78, 5) is 2.68. The van der Waals surface area contributed by atoms with E-state index in [1.165, 1.54) is 28.2 Å². The van der Waals surface area contributed by atoms with Crippen molar-refractivity contribution in [2.75, 3.05) is 6.61 Å². The van der Waals surface area contributed by atoms with E-state index in [0.717, 1.165) is 13.0 Å². The van der Waals surface area contributed by atoms with Crippen molar-refractivity contribution in [3.8, 4) is 0 Å². The molecule has 2 N–H and O–H groups in total. The lowest BCUT2D eigenvalue weighted by Crippen LogP contribution is -2.31. The molecule has 84 valence electrons. The molecule has 15 heavy (non-hydrogen) atoms. The number of nitrogens with two attached hydrogens (primary N) is 1. The van der Waals surface area contributed by atoms with Crippen molar-refractivity contribution in [3.63, 3.8) is 0 Å². The normalized spacial score (nSPS) is 24.1. The Kier molecular flexibility index (Phi) is 3.44. The Morgan fingerprint density at radius 3 is 2.80 bits per heavy atom. The summed E-state index contributed by atoms with van der Waals surface area (Å²) >= 11 is 1.83. The van der Waals surface area contributed by atoms with Gasteiger partial charge in [0.05, 0.1) is 12.1 Å². The summed E-state index contributed by atoms with van der Waals surface area (Å²) in [5.74, 6) is 0. The average Bonchev–Trinajstić information content (AvgIpc) is 2.58. The molecule has 0 aromatic carbocycles. The largest absolute Gasteiger partial charge is 0.376 e. The van der Waals surface area contributed by atoms with E-state index in [-0.39, 0.29) is 12.1 Å². The van der Waals surface area contributed by atoms with Gasteiger partial charge in [0.25, 0.3) is 0 Å². The van der Waals surface area contributed by atoms with E-state index in [2.05, 4.69) is 19.9 Å². The van der Waals surface area contributed by atoms with Crippen molar-refractivity contribution in [1.82, 2.24) is 0 Å². The highest BCUT2D eigenvalue weighted by atomic mass is 32.1. The van der Waals surface area contributed by atoms with Crippen LogP contribution >= 0.6 is 11.3 Å². The molecular weight excluding hydrogens is 206 g/mol. The van der Waals surface area contributed by atoms with Crippen molar-refractivity contribution < 1.29 is 4.74 Å². The minimum atomic E-state index is 0.0650. The van der Waals surface area contributed by atoms with Crippen LogP contribution in [0.25, 0.3) is 0 Å². The lowest BCUT2D eigenvalue weighted by molar-refractivity contribution is -0.0000168. The lowest BCUT2D eigenvalue weighted by Gasteiger charge is -2.28. The first-order chi connectivity index (χ1) is 7.18. The van der Waals surface area contributed by atoms with Gasteiger partial charge in [-0.2, -0.15) is 0 Å². The highest BCUT2D eigenvalue weighted by molar-refractivity contribution is 7.12. The monoisotopic (exact) mass is 225 g/mol. The Balaban J connectivity index is 2.12. The van der Waals surface area contributed by atoms with Crippen molar-refractivity contribution in [2.45, 2.75) is 45.3 Å². The highest BCUT2D eigenvalue weighted by Gasteiger charge is 2.24. The Hall–Kier alpha value is -0.380. The van der Waals surface area contributed by atoms with E-state index in [0.29, 0.717) is 0 Å². The van der Waals surface area contributed by atoms with Gasteiger partial charge >= 0.3 is 0 Å². The van der Waals surface area contributed by atoms with Crippen molar-refractivity contribution >= 4 is 11.3 Å². The quantitative estimate of drug-likeness (QED) is 0.840. The number of ether oxygens (including phenoxy) is 1. The van der Waals surface area contributed by atoms with Crippen molar-refractivity contribution in [3.05, 3.63) is 21.4 Å². The molecule has 0 spiro atoms. The number of hydrogen-bond donors (Lipinski definition) is 1. The third-order valence-electron chi connectivity index (χ3n) is 3.05. The maximum atomic E-state index is 6.27. The third-order valence-corrected chi connectivity index (χ3v) is 4.04. The Morgan fingerprint density at radius 1 is 1.47 bits per heavy atom. The van der Waals surface area contributed by atoms with Crippen LogP contribution in [0, 0.1) is 13.8 Å². The minimum Gasteiger partial charge on any atom is -0.376 e. The molecule has 2 nitrogen and oxygen atoms in total. The van der Waals surface area contributed by atoms with Crippen molar-refractivity contribution in [2.24, 2.45) is 5.73 Å². The van der Waals surface area contributed by atoms with Crippen LogP contribution in [0.5, 0.6) is 0 Å². The Bertz CT molecular complexity index is 328. The van der Waals surface area contributed by atoms with Crippen LogP contribution in [-0.2, 0) is 4.74 Å². The van der Waals surface area contributed by atoms with Crippen LogP contribution in [-0.4, -0.2) is 12.7 Å². The molecule has 2 atom stereocenters. The minimum absolute atomic E-state index is 0.0650. The maximum absolute atomic E-state index is 6.27. The summed E-state index contributed by atoms with van der Waals surface area (Å²) in [6.45, 7) is 5.16. The van der Waals surface area contributed by atoms with Crippen LogP contribution in [0.4, 0.5) is 0 Å². The molecule has 2 heterocycles. The molecule has 2 rings (SSSR count). The van der Waals surface area contributed by atoms with Gasteiger partial charge in [-0.05, 0) is 44.7 Å². The van der Waals surface area contributed by atoms with Gasteiger partial charge in [0.15, 0.2) is 0 Å². The van der Waals surface area contributed by atoms with Gasteiger partial charge in [0.2, 0.25) is 0 Å². The van der Waals surface area contributed by atoms with Gasteiger partial charge in [-0.1, -0.05) is 0 Å². The highest BCUT2D eigenvalue weighted by Crippen LogP contribution is 2.30. The first-order valence-electron chi connectivity index (χ1n) is 5.62. The molecule has 1 aromatic rings. The zero-order valence-electron chi connectivity index (χ0n) is 9.45. The van der Waals surface area contributed by atoms with E-state index in [9.17, 15) is 0 Å². The number of aryl methyl sites for hydroxylation is 2. The first-order valence-corrected chi connectivity index (χ1v) is 6.44. The van der Waals surface area contributed by atoms with E-state index in [1.54, 1.807) is 0 Å². The van der Waals surface area contributed by atoms with Crippen LogP contribution < -0.4 is 5.73 Å². The van der Waals surface area contributed by atoms with E-state index < -0.39 is 0 Å². The second-order valence-electron chi connectivity index (χ2n) is 4.30. The maximum Gasteiger partial charge on any atom is 0.0768 e. The van der Waals surface area contributed by atoms with Gasteiger partial charge in [-0.3, -0.25) is 0 Å². The van der Waals surface area contributed by atoms with Crippen LogP contribution in [0.1, 0.15) is 40.6 Å². The van der Waals surface area contributed by atoms with Gasteiger partial charge in [0.1, 0.15) is 0 Å². The topological polar surface area (TPSA) is 35.2 Å². The molecule has 0 amide bonds. The molecule has 1 aromatic heterocycles.